The highest BCUT2D eigenvalue weighted by Crippen LogP contribution is 2.24. The first-order chi connectivity index (χ1) is 8.49. The molecule has 2 rings (SSSR count). The smallest absolute Gasteiger partial charge is 0.194 e. The molecular formula is C15H14BrNO. The Labute approximate surface area is 115 Å². The van der Waals surface area contributed by atoms with E-state index in [2.05, 4.69) is 15.9 Å². The molecule has 0 atom stereocenters. The summed E-state index contributed by atoms with van der Waals surface area (Å²) >= 11 is 3.40. The van der Waals surface area contributed by atoms with Crippen LogP contribution in [-0.2, 0) is 0 Å². The van der Waals surface area contributed by atoms with Gasteiger partial charge >= 0.3 is 0 Å². The van der Waals surface area contributed by atoms with Crippen LogP contribution in [0.2, 0.25) is 0 Å². The van der Waals surface area contributed by atoms with Crippen LogP contribution in [0.25, 0.3) is 0 Å². The van der Waals surface area contributed by atoms with Crippen molar-refractivity contribution in [3.05, 3.63) is 63.1 Å². The van der Waals surface area contributed by atoms with E-state index in [0.29, 0.717) is 11.3 Å². The van der Waals surface area contributed by atoms with Crippen LogP contribution >= 0.6 is 15.9 Å². The number of aryl methyl sites for hydroxylation is 2. The summed E-state index contributed by atoms with van der Waals surface area (Å²) in [4.78, 5) is 12.5. The van der Waals surface area contributed by atoms with E-state index in [1.54, 1.807) is 18.2 Å². The highest BCUT2D eigenvalue weighted by atomic mass is 79.9. The van der Waals surface area contributed by atoms with Crippen LogP contribution in [0.3, 0.4) is 0 Å². The molecule has 0 bridgehead atoms. The minimum absolute atomic E-state index is 0.00428. The number of nitrogens with two attached hydrogens (primary N) is 1. The largest absolute Gasteiger partial charge is 0.399 e. The van der Waals surface area contributed by atoms with E-state index in [4.69, 9.17) is 5.73 Å². The topological polar surface area (TPSA) is 43.1 Å². The summed E-state index contributed by atoms with van der Waals surface area (Å²) in [6.07, 6.45) is 0. The molecule has 0 unspecified atom stereocenters. The van der Waals surface area contributed by atoms with Gasteiger partial charge < -0.3 is 5.73 Å². The van der Waals surface area contributed by atoms with Crippen molar-refractivity contribution >= 4 is 27.4 Å². The molecule has 2 nitrogen and oxygen atoms in total. The van der Waals surface area contributed by atoms with E-state index in [9.17, 15) is 4.79 Å². The Morgan fingerprint density at radius 1 is 1.06 bits per heavy atom. The summed E-state index contributed by atoms with van der Waals surface area (Å²) in [7, 11) is 0. The standard InChI is InChI=1S/C15H14BrNO/c1-9-3-4-10(2)12(7-9)15(18)13-8-11(17)5-6-14(13)16/h3-8H,17H2,1-2H3. The molecule has 2 aromatic rings. The Bertz CT molecular complexity index is 566. The maximum Gasteiger partial charge on any atom is 0.194 e. The van der Waals surface area contributed by atoms with Gasteiger partial charge in [0.25, 0.3) is 0 Å². The lowest BCUT2D eigenvalue weighted by atomic mass is 9.97. The summed E-state index contributed by atoms with van der Waals surface area (Å²) < 4.78 is 0.766. The fourth-order valence-electron chi connectivity index (χ4n) is 1.84. The quantitative estimate of drug-likeness (QED) is 0.676. The number of ketones is 1. The number of rotatable bonds is 2. The number of anilines is 1. The van der Waals surface area contributed by atoms with E-state index >= 15 is 0 Å². The molecular weight excluding hydrogens is 290 g/mol. The Hall–Kier alpha value is -1.61. The fraction of sp³-hybridized carbons (Fsp3) is 0.133. The summed E-state index contributed by atoms with van der Waals surface area (Å²) in [5.41, 5.74) is 9.70. The van der Waals surface area contributed by atoms with Gasteiger partial charge in [-0.25, -0.2) is 0 Å². The number of halogens is 1. The molecule has 0 fully saturated rings. The Morgan fingerprint density at radius 2 is 1.78 bits per heavy atom. The van der Waals surface area contributed by atoms with Gasteiger partial charge in [0.15, 0.2) is 5.78 Å². The highest BCUT2D eigenvalue weighted by Gasteiger charge is 2.15. The molecule has 18 heavy (non-hydrogen) atoms. The number of carbonyl (C=O) groups excluding carboxylic acids is 1. The van der Waals surface area contributed by atoms with Gasteiger partial charge in [-0.1, -0.05) is 33.6 Å². The Balaban J connectivity index is 2.54. The van der Waals surface area contributed by atoms with Gasteiger partial charge in [0.1, 0.15) is 0 Å². The fourth-order valence-corrected chi connectivity index (χ4v) is 2.27. The predicted octanol–water partition coefficient (Wildman–Crippen LogP) is 3.88. The average molecular weight is 304 g/mol. The molecule has 2 aromatic carbocycles. The lowest BCUT2D eigenvalue weighted by Crippen LogP contribution is -2.06. The first-order valence-corrected chi connectivity index (χ1v) is 6.45. The average Bonchev–Trinajstić information content (AvgIpc) is 2.34. The second-order valence-corrected chi connectivity index (χ2v) is 5.24. The van der Waals surface area contributed by atoms with Crippen LogP contribution in [-0.4, -0.2) is 5.78 Å². The monoisotopic (exact) mass is 303 g/mol. The van der Waals surface area contributed by atoms with Crippen LogP contribution in [0.5, 0.6) is 0 Å². The Morgan fingerprint density at radius 3 is 2.50 bits per heavy atom. The SMILES string of the molecule is Cc1ccc(C)c(C(=O)c2cc(N)ccc2Br)c1. The molecule has 0 amide bonds. The number of nitrogen functional groups attached to an aromatic ring is 1. The van der Waals surface area contributed by atoms with Crippen LogP contribution < -0.4 is 5.73 Å². The van der Waals surface area contributed by atoms with Crippen molar-refractivity contribution in [2.75, 3.05) is 5.73 Å². The van der Waals surface area contributed by atoms with Crippen LogP contribution in [0.4, 0.5) is 5.69 Å². The first kappa shape index (κ1) is 12.8. The molecule has 0 spiro atoms. The molecule has 0 saturated carbocycles. The molecule has 92 valence electrons. The van der Waals surface area contributed by atoms with Gasteiger partial charge in [-0.2, -0.15) is 0 Å². The van der Waals surface area contributed by atoms with E-state index in [1.807, 2.05) is 32.0 Å². The zero-order valence-electron chi connectivity index (χ0n) is 10.3. The van der Waals surface area contributed by atoms with E-state index in [0.717, 1.165) is 21.2 Å². The molecule has 3 heteroatoms. The lowest BCUT2D eigenvalue weighted by Gasteiger charge is -2.08. The van der Waals surface area contributed by atoms with Crippen molar-refractivity contribution in [2.45, 2.75) is 13.8 Å². The van der Waals surface area contributed by atoms with Crippen molar-refractivity contribution in [1.29, 1.82) is 0 Å². The zero-order chi connectivity index (χ0) is 13.3. The zero-order valence-corrected chi connectivity index (χ0v) is 11.9. The summed E-state index contributed by atoms with van der Waals surface area (Å²) in [6.45, 7) is 3.91. The minimum atomic E-state index is -0.00428. The third-order valence-electron chi connectivity index (χ3n) is 2.87. The van der Waals surface area contributed by atoms with E-state index < -0.39 is 0 Å². The minimum Gasteiger partial charge on any atom is -0.399 e. The predicted molar refractivity (Wildman–Crippen MR) is 77.9 cm³/mol. The normalized spacial score (nSPS) is 10.4. The molecule has 0 aliphatic rings. The summed E-state index contributed by atoms with van der Waals surface area (Å²) in [5.74, 6) is -0.00428. The second kappa shape index (κ2) is 4.94. The van der Waals surface area contributed by atoms with Crippen molar-refractivity contribution < 1.29 is 4.79 Å². The number of hydrogen-bond acceptors (Lipinski definition) is 2. The van der Waals surface area contributed by atoms with Gasteiger partial charge in [-0.15, -0.1) is 0 Å². The maximum atomic E-state index is 12.5. The van der Waals surface area contributed by atoms with Crippen LogP contribution in [0.1, 0.15) is 27.0 Å². The third kappa shape index (κ3) is 2.46. The third-order valence-corrected chi connectivity index (χ3v) is 3.56. The van der Waals surface area contributed by atoms with Gasteiger partial charge in [0, 0.05) is 21.3 Å². The van der Waals surface area contributed by atoms with Gasteiger partial charge in [0.2, 0.25) is 0 Å². The van der Waals surface area contributed by atoms with Crippen molar-refractivity contribution in [3.8, 4) is 0 Å². The number of benzene rings is 2. The molecule has 2 N–H and O–H groups in total. The molecule has 0 aliphatic heterocycles. The van der Waals surface area contributed by atoms with Crippen molar-refractivity contribution in [3.63, 3.8) is 0 Å². The Kier molecular flexibility index (Phi) is 3.53. The maximum absolute atomic E-state index is 12.5. The van der Waals surface area contributed by atoms with Crippen molar-refractivity contribution in [2.24, 2.45) is 0 Å². The number of hydrogen-bond donors (Lipinski definition) is 1. The van der Waals surface area contributed by atoms with Crippen molar-refractivity contribution in [1.82, 2.24) is 0 Å². The molecule has 0 saturated heterocycles. The summed E-state index contributed by atoms with van der Waals surface area (Å²) in [6, 6.07) is 11.1. The molecule has 0 heterocycles. The van der Waals surface area contributed by atoms with E-state index in [-0.39, 0.29) is 5.78 Å². The lowest BCUT2D eigenvalue weighted by molar-refractivity contribution is 0.103. The summed E-state index contributed by atoms with van der Waals surface area (Å²) in [5, 5.41) is 0. The molecule has 0 aromatic heterocycles. The second-order valence-electron chi connectivity index (χ2n) is 4.39. The molecule has 0 radical (unpaired) electrons. The van der Waals surface area contributed by atoms with Gasteiger partial charge in [-0.3, -0.25) is 4.79 Å². The molecule has 0 aliphatic carbocycles. The van der Waals surface area contributed by atoms with Crippen LogP contribution in [0.15, 0.2) is 40.9 Å². The highest BCUT2D eigenvalue weighted by molar-refractivity contribution is 9.10. The van der Waals surface area contributed by atoms with E-state index in [1.165, 1.54) is 0 Å². The number of carbonyl (C=O) groups is 1. The first-order valence-electron chi connectivity index (χ1n) is 5.66. The van der Waals surface area contributed by atoms with Crippen LogP contribution in [0, 0.1) is 13.8 Å². The van der Waals surface area contributed by atoms with Gasteiger partial charge in [-0.05, 0) is 43.7 Å². The van der Waals surface area contributed by atoms with Gasteiger partial charge in [0.05, 0.1) is 0 Å².